The van der Waals surface area contributed by atoms with Gasteiger partial charge in [-0.3, -0.25) is 4.79 Å². The van der Waals surface area contributed by atoms with Crippen LogP contribution in [-0.2, 0) is 11.2 Å². The molecule has 21 heavy (non-hydrogen) atoms. The minimum absolute atomic E-state index is 0.0162. The fraction of sp³-hybridized carbons (Fsp3) is 0.188. The van der Waals surface area contributed by atoms with Gasteiger partial charge >= 0.3 is 5.97 Å². The smallest absolute Gasteiger partial charge is 0.311 e. The Kier molecular flexibility index (Phi) is 4.81. The molecule has 3 nitrogen and oxygen atoms in total. The molecule has 2 aromatic carbocycles. The topological polar surface area (TPSA) is 46.5 Å². The first-order chi connectivity index (χ1) is 10.0. The van der Waals surface area contributed by atoms with Crippen LogP contribution in [0, 0.1) is 5.82 Å². The number of aliphatic carboxylic acids is 1. The highest BCUT2D eigenvalue weighted by atomic mass is 35.5. The predicted octanol–water partition coefficient (Wildman–Crippen LogP) is 3.90. The van der Waals surface area contributed by atoms with E-state index in [1.54, 1.807) is 31.4 Å². The number of hydrogen-bond acceptors (Lipinski definition) is 2. The number of hydrogen-bond donors (Lipinski definition) is 1. The average Bonchev–Trinajstić information content (AvgIpc) is 2.46. The van der Waals surface area contributed by atoms with Crippen molar-refractivity contribution in [2.75, 3.05) is 7.11 Å². The van der Waals surface area contributed by atoms with Gasteiger partial charge in [-0.05, 0) is 36.2 Å². The lowest BCUT2D eigenvalue weighted by Gasteiger charge is -2.15. The van der Waals surface area contributed by atoms with Crippen molar-refractivity contribution in [1.29, 1.82) is 0 Å². The fourth-order valence-corrected chi connectivity index (χ4v) is 2.45. The van der Waals surface area contributed by atoms with Crippen LogP contribution >= 0.6 is 11.6 Å². The van der Waals surface area contributed by atoms with Crippen molar-refractivity contribution in [3.63, 3.8) is 0 Å². The van der Waals surface area contributed by atoms with Gasteiger partial charge in [0.1, 0.15) is 11.6 Å². The molecule has 1 unspecified atom stereocenters. The van der Waals surface area contributed by atoms with E-state index >= 15 is 0 Å². The Morgan fingerprint density at radius 2 is 1.95 bits per heavy atom. The summed E-state index contributed by atoms with van der Waals surface area (Å²) in [5, 5.41) is 9.51. The lowest BCUT2D eigenvalue weighted by Crippen LogP contribution is -2.16. The molecule has 110 valence electrons. The summed E-state index contributed by atoms with van der Waals surface area (Å²) in [5.41, 5.74) is 0.782. The highest BCUT2D eigenvalue weighted by Gasteiger charge is 2.26. The molecule has 1 atom stereocenters. The first-order valence-corrected chi connectivity index (χ1v) is 6.70. The van der Waals surface area contributed by atoms with Crippen LogP contribution in [-0.4, -0.2) is 18.2 Å². The third-order valence-electron chi connectivity index (χ3n) is 3.25. The Hall–Kier alpha value is -2.07. The first-order valence-electron chi connectivity index (χ1n) is 6.32. The molecule has 1 N–H and O–H groups in total. The molecule has 2 rings (SSSR count). The second-order valence-electron chi connectivity index (χ2n) is 4.58. The van der Waals surface area contributed by atoms with Gasteiger partial charge in [0.2, 0.25) is 0 Å². The molecule has 0 saturated carbocycles. The van der Waals surface area contributed by atoms with Gasteiger partial charge in [0.05, 0.1) is 13.0 Å². The van der Waals surface area contributed by atoms with Crippen LogP contribution in [0.1, 0.15) is 17.0 Å². The van der Waals surface area contributed by atoms with Gasteiger partial charge in [-0.1, -0.05) is 29.8 Å². The molecule has 0 amide bonds. The summed E-state index contributed by atoms with van der Waals surface area (Å²) < 4.78 is 19.0. The van der Waals surface area contributed by atoms with Crippen LogP contribution in [0.5, 0.6) is 5.75 Å². The lowest BCUT2D eigenvalue weighted by molar-refractivity contribution is -0.138. The largest absolute Gasteiger partial charge is 0.497 e. The summed E-state index contributed by atoms with van der Waals surface area (Å²) in [6.07, 6.45) is 0.153. The number of carboxylic acid groups (broad SMARTS) is 1. The van der Waals surface area contributed by atoms with E-state index in [2.05, 4.69) is 0 Å². The number of benzene rings is 2. The number of halogens is 2. The summed E-state index contributed by atoms with van der Waals surface area (Å²) in [7, 11) is 1.55. The van der Waals surface area contributed by atoms with E-state index in [0.717, 1.165) is 5.56 Å². The second-order valence-corrected chi connectivity index (χ2v) is 4.99. The number of carbonyl (C=O) groups is 1. The van der Waals surface area contributed by atoms with Crippen molar-refractivity contribution < 1.29 is 19.0 Å². The van der Waals surface area contributed by atoms with Crippen LogP contribution in [0.3, 0.4) is 0 Å². The van der Waals surface area contributed by atoms with E-state index in [1.807, 2.05) is 0 Å². The van der Waals surface area contributed by atoms with Crippen LogP contribution < -0.4 is 4.74 Å². The number of ether oxygens (including phenoxy) is 1. The monoisotopic (exact) mass is 308 g/mol. The SMILES string of the molecule is COc1ccc(CC(C(=O)O)c2c(F)cccc2Cl)cc1. The standard InChI is InChI=1S/C16H14ClFO3/c1-21-11-7-5-10(6-8-11)9-12(16(19)20)15-13(17)3-2-4-14(15)18/h2-8,12H,9H2,1H3,(H,19,20). The van der Waals surface area contributed by atoms with E-state index in [4.69, 9.17) is 16.3 Å². The normalized spacial score (nSPS) is 12.0. The molecule has 0 fully saturated rings. The Balaban J connectivity index is 2.33. The minimum atomic E-state index is -1.11. The zero-order valence-corrected chi connectivity index (χ0v) is 12.1. The maximum atomic E-state index is 13.9. The van der Waals surface area contributed by atoms with Crippen LogP contribution in [0.25, 0.3) is 0 Å². The third kappa shape index (κ3) is 3.52. The molecular formula is C16H14ClFO3. The van der Waals surface area contributed by atoms with Gasteiger partial charge in [0, 0.05) is 10.6 Å². The molecule has 0 aliphatic rings. The third-order valence-corrected chi connectivity index (χ3v) is 3.57. The van der Waals surface area contributed by atoms with Crippen molar-refractivity contribution in [3.8, 4) is 5.75 Å². The molecule has 0 heterocycles. The Labute approximate surface area is 126 Å². The van der Waals surface area contributed by atoms with Gasteiger partial charge in [-0.2, -0.15) is 0 Å². The van der Waals surface area contributed by atoms with Crippen molar-refractivity contribution in [2.24, 2.45) is 0 Å². The molecular weight excluding hydrogens is 295 g/mol. The lowest BCUT2D eigenvalue weighted by atomic mass is 9.91. The zero-order valence-electron chi connectivity index (χ0n) is 11.3. The molecule has 0 bridgehead atoms. The van der Waals surface area contributed by atoms with Gasteiger partial charge in [0.25, 0.3) is 0 Å². The summed E-state index contributed by atoms with van der Waals surface area (Å²) in [5.74, 6) is -2.08. The molecule has 5 heteroatoms. The molecule has 0 aromatic heterocycles. The Morgan fingerprint density at radius 3 is 2.48 bits per heavy atom. The summed E-state index contributed by atoms with van der Waals surface area (Å²) in [6, 6.07) is 11.1. The number of methoxy groups -OCH3 is 1. The summed E-state index contributed by atoms with van der Waals surface area (Å²) >= 11 is 5.96. The maximum Gasteiger partial charge on any atom is 0.311 e. The number of carboxylic acids is 1. The van der Waals surface area contributed by atoms with Crippen molar-refractivity contribution in [3.05, 3.63) is 64.4 Å². The minimum Gasteiger partial charge on any atom is -0.497 e. The van der Waals surface area contributed by atoms with E-state index in [1.165, 1.54) is 18.2 Å². The highest BCUT2D eigenvalue weighted by Crippen LogP contribution is 2.30. The van der Waals surface area contributed by atoms with E-state index in [-0.39, 0.29) is 17.0 Å². The van der Waals surface area contributed by atoms with E-state index in [9.17, 15) is 14.3 Å². The fourth-order valence-electron chi connectivity index (χ4n) is 2.15. The van der Waals surface area contributed by atoms with Crippen LogP contribution in [0.4, 0.5) is 4.39 Å². The molecule has 0 aliphatic heterocycles. The molecule has 0 aliphatic carbocycles. The molecule has 0 saturated heterocycles. The predicted molar refractivity (Wildman–Crippen MR) is 78.5 cm³/mol. The maximum absolute atomic E-state index is 13.9. The Bertz CT molecular complexity index is 620. The van der Waals surface area contributed by atoms with Crippen molar-refractivity contribution in [2.45, 2.75) is 12.3 Å². The van der Waals surface area contributed by atoms with Gasteiger partial charge in [-0.25, -0.2) is 4.39 Å². The van der Waals surface area contributed by atoms with Crippen LogP contribution in [0.2, 0.25) is 5.02 Å². The summed E-state index contributed by atoms with van der Waals surface area (Å²) in [6.45, 7) is 0. The van der Waals surface area contributed by atoms with Crippen LogP contribution in [0.15, 0.2) is 42.5 Å². The van der Waals surface area contributed by atoms with E-state index < -0.39 is 17.7 Å². The van der Waals surface area contributed by atoms with E-state index in [0.29, 0.717) is 5.75 Å². The summed E-state index contributed by atoms with van der Waals surface area (Å²) in [4.78, 5) is 11.5. The number of rotatable bonds is 5. The Morgan fingerprint density at radius 1 is 1.29 bits per heavy atom. The van der Waals surface area contributed by atoms with Gasteiger partial charge in [0.15, 0.2) is 0 Å². The van der Waals surface area contributed by atoms with Crippen molar-refractivity contribution in [1.82, 2.24) is 0 Å². The quantitative estimate of drug-likeness (QED) is 0.911. The average molecular weight is 309 g/mol. The van der Waals surface area contributed by atoms with Gasteiger partial charge < -0.3 is 9.84 Å². The zero-order chi connectivity index (χ0) is 15.4. The van der Waals surface area contributed by atoms with Crippen molar-refractivity contribution >= 4 is 17.6 Å². The first kappa shape index (κ1) is 15.3. The molecule has 0 radical (unpaired) electrons. The van der Waals surface area contributed by atoms with Gasteiger partial charge in [-0.15, -0.1) is 0 Å². The second kappa shape index (κ2) is 6.59. The molecule has 2 aromatic rings. The highest BCUT2D eigenvalue weighted by molar-refractivity contribution is 6.31. The molecule has 0 spiro atoms.